The Morgan fingerprint density at radius 3 is 1.27 bits per heavy atom. The summed E-state index contributed by atoms with van der Waals surface area (Å²) in [6.07, 6.45) is 7.76. The van der Waals surface area contributed by atoms with Crippen molar-refractivity contribution in [1.82, 2.24) is 23.7 Å². The van der Waals surface area contributed by atoms with E-state index in [0.717, 1.165) is 50.9 Å². The molecule has 41 heavy (non-hydrogen) atoms. The zero-order valence-electron chi connectivity index (χ0n) is 22.2. The summed E-state index contributed by atoms with van der Waals surface area (Å²) >= 11 is 0. The largest absolute Gasteiger partial charge is 0.309 e. The molecule has 3 heterocycles. The van der Waals surface area contributed by atoms with Crippen LogP contribution in [-0.2, 0) is 0 Å². The molecular weight excluding hydrogens is 502 g/mol. The molecule has 0 saturated heterocycles. The lowest BCUT2D eigenvalue weighted by Crippen LogP contribution is -1.96. The highest BCUT2D eigenvalue weighted by Crippen LogP contribution is 2.37. The third-order valence-electron chi connectivity index (χ3n) is 7.65. The van der Waals surface area contributed by atoms with Crippen molar-refractivity contribution in [3.63, 3.8) is 0 Å². The van der Waals surface area contributed by atoms with E-state index in [0.29, 0.717) is 0 Å². The molecule has 0 aliphatic rings. The third kappa shape index (κ3) is 3.86. The molecule has 5 heteroatoms. The third-order valence-corrected chi connectivity index (χ3v) is 7.65. The number of nitrogens with zero attached hydrogens (tertiary/aromatic N) is 5. The molecule has 0 unspecified atom stereocenters. The van der Waals surface area contributed by atoms with Crippen LogP contribution in [0.2, 0.25) is 0 Å². The highest BCUT2D eigenvalue weighted by Gasteiger charge is 2.17. The minimum atomic E-state index is 0.912. The van der Waals surface area contributed by atoms with Gasteiger partial charge in [0.2, 0.25) is 0 Å². The molecule has 0 aliphatic carbocycles. The highest BCUT2D eigenvalue weighted by atomic mass is 15.1. The van der Waals surface area contributed by atoms with Crippen molar-refractivity contribution in [3.8, 4) is 39.8 Å². The van der Waals surface area contributed by atoms with E-state index >= 15 is 0 Å². The standard InChI is InChI=1S/C36H25N5/c1-4-10-28(11-5-1)39-22-20-37-35(39)26-16-18-33-31(24-26)32-25-27(17-19-34(32)41(33)30-14-8-3-9-15-30)36-38-21-23-40(36)29-12-6-2-7-13-29/h1-25H. The Morgan fingerprint density at radius 2 is 0.829 bits per heavy atom. The molecule has 8 aromatic rings. The molecule has 3 aromatic heterocycles. The van der Waals surface area contributed by atoms with Gasteiger partial charge in [0, 0.05) is 63.7 Å². The predicted octanol–water partition coefficient (Wildman–Crippen LogP) is 8.49. The number of imidazole rings is 2. The maximum atomic E-state index is 4.76. The van der Waals surface area contributed by atoms with Crippen molar-refractivity contribution >= 4 is 21.8 Å². The predicted molar refractivity (Wildman–Crippen MR) is 166 cm³/mol. The first kappa shape index (κ1) is 23.2. The second-order valence-electron chi connectivity index (χ2n) is 10.0. The summed E-state index contributed by atoms with van der Waals surface area (Å²) in [6.45, 7) is 0. The van der Waals surface area contributed by atoms with Crippen LogP contribution in [0.25, 0.3) is 61.6 Å². The highest BCUT2D eigenvalue weighted by molar-refractivity contribution is 6.11. The molecular formula is C36H25N5. The van der Waals surface area contributed by atoms with Crippen molar-refractivity contribution in [2.45, 2.75) is 0 Å². The van der Waals surface area contributed by atoms with Gasteiger partial charge in [0.25, 0.3) is 0 Å². The smallest absolute Gasteiger partial charge is 0.144 e. The Morgan fingerprint density at radius 1 is 0.415 bits per heavy atom. The van der Waals surface area contributed by atoms with E-state index in [1.165, 1.54) is 10.8 Å². The van der Waals surface area contributed by atoms with Gasteiger partial charge >= 0.3 is 0 Å². The Labute approximate surface area is 237 Å². The van der Waals surface area contributed by atoms with Crippen LogP contribution < -0.4 is 0 Å². The SMILES string of the molecule is c1ccc(-n2ccnc2-c2ccc3c(c2)c2cc(-c4nccn4-c4ccccc4)ccc2n3-c2ccccc2)cc1. The van der Waals surface area contributed by atoms with Gasteiger partial charge in [0.05, 0.1) is 11.0 Å². The Bertz CT molecular complexity index is 2000. The number of para-hydroxylation sites is 3. The number of benzene rings is 5. The first-order valence-electron chi connectivity index (χ1n) is 13.7. The van der Waals surface area contributed by atoms with E-state index in [1.807, 2.05) is 36.9 Å². The van der Waals surface area contributed by atoms with Crippen LogP contribution in [0, 0.1) is 0 Å². The molecule has 0 saturated carbocycles. The van der Waals surface area contributed by atoms with Crippen LogP contribution in [0.5, 0.6) is 0 Å². The Hall–Kier alpha value is -5.68. The molecule has 0 radical (unpaired) electrons. The van der Waals surface area contributed by atoms with Crippen molar-refractivity contribution < 1.29 is 0 Å². The van der Waals surface area contributed by atoms with Crippen LogP contribution in [0.3, 0.4) is 0 Å². The van der Waals surface area contributed by atoms with Crippen LogP contribution in [-0.4, -0.2) is 23.7 Å². The van der Waals surface area contributed by atoms with Gasteiger partial charge in [0.15, 0.2) is 0 Å². The molecule has 194 valence electrons. The quantitative estimate of drug-likeness (QED) is 0.225. The zero-order valence-corrected chi connectivity index (χ0v) is 22.2. The van der Waals surface area contributed by atoms with E-state index in [4.69, 9.17) is 9.97 Å². The van der Waals surface area contributed by atoms with Crippen LogP contribution in [0.1, 0.15) is 0 Å². The lowest BCUT2D eigenvalue weighted by molar-refractivity contribution is 1.07. The lowest BCUT2D eigenvalue weighted by Gasteiger charge is -2.10. The van der Waals surface area contributed by atoms with Gasteiger partial charge in [-0.1, -0.05) is 54.6 Å². The van der Waals surface area contributed by atoms with E-state index in [1.54, 1.807) is 0 Å². The van der Waals surface area contributed by atoms with Crippen LogP contribution in [0.15, 0.2) is 152 Å². The molecule has 0 spiro atoms. The number of hydrogen-bond donors (Lipinski definition) is 0. The van der Waals surface area contributed by atoms with Gasteiger partial charge in [-0.2, -0.15) is 0 Å². The summed E-state index contributed by atoms with van der Waals surface area (Å²) in [7, 11) is 0. The molecule has 0 aliphatic heterocycles. The monoisotopic (exact) mass is 527 g/mol. The van der Waals surface area contributed by atoms with Gasteiger partial charge in [-0.15, -0.1) is 0 Å². The van der Waals surface area contributed by atoms with Gasteiger partial charge < -0.3 is 4.57 Å². The molecule has 0 bridgehead atoms. The molecule has 8 rings (SSSR count). The van der Waals surface area contributed by atoms with Gasteiger partial charge in [-0.05, 0) is 72.8 Å². The molecule has 0 fully saturated rings. The average molecular weight is 528 g/mol. The molecule has 0 atom stereocenters. The fourth-order valence-electron chi connectivity index (χ4n) is 5.78. The van der Waals surface area contributed by atoms with Gasteiger partial charge in [-0.3, -0.25) is 9.13 Å². The second-order valence-corrected chi connectivity index (χ2v) is 10.0. The summed E-state index contributed by atoms with van der Waals surface area (Å²) < 4.78 is 6.62. The summed E-state index contributed by atoms with van der Waals surface area (Å²) in [5, 5.41) is 2.34. The zero-order chi connectivity index (χ0) is 27.2. The number of hydrogen-bond acceptors (Lipinski definition) is 2. The first-order chi connectivity index (χ1) is 20.3. The van der Waals surface area contributed by atoms with Crippen LogP contribution >= 0.6 is 0 Å². The number of rotatable bonds is 5. The average Bonchev–Trinajstić information content (AvgIpc) is 3.80. The fourth-order valence-corrected chi connectivity index (χ4v) is 5.78. The van der Waals surface area contributed by atoms with Crippen molar-refractivity contribution in [2.75, 3.05) is 0 Å². The van der Waals surface area contributed by atoms with E-state index in [9.17, 15) is 0 Å². The fraction of sp³-hybridized carbons (Fsp3) is 0. The topological polar surface area (TPSA) is 40.6 Å². The summed E-state index contributed by atoms with van der Waals surface area (Å²) in [6, 6.07) is 44.5. The van der Waals surface area contributed by atoms with Gasteiger partial charge in [0.1, 0.15) is 11.6 Å². The Balaban J connectivity index is 1.36. The van der Waals surface area contributed by atoms with Crippen LogP contribution in [0.4, 0.5) is 0 Å². The maximum Gasteiger partial charge on any atom is 0.144 e. The minimum absolute atomic E-state index is 0.912. The summed E-state index contributed by atoms with van der Waals surface area (Å²) in [4.78, 5) is 9.52. The normalized spacial score (nSPS) is 11.4. The van der Waals surface area contributed by atoms with Gasteiger partial charge in [-0.25, -0.2) is 9.97 Å². The number of aromatic nitrogens is 5. The van der Waals surface area contributed by atoms with Crippen molar-refractivity contribution in [2.24, 2.45) is 0 Å². The molecule has 0 N–H and O–H groups in total. The Kier molecular flexibility index (Phi) is 5.38. The molecule has 5 nitrogen and oxygen atoms in total. The van der Waals surface area contributed by atoms with E-state index in [-0.39, 0.29) is 0 Å². The maximum absolute atomic E-state index is 4.76. The summed E-state index contributed by atoms with van der Waals surface area (Å²) in [5.74, 6) is 1.82. The number of fused-ring (bicyclic) bond motifs is 3. The first-order valence-corrected chi connectivity index (χ1v) is 13.7. The lowest BCUT2D eigenvalue weighted by atomic mass is 10.1. The van der Waals surface area contributed by atoms with E-state index < -0.39 is 0 Å². The molecule has 0 amide bonds. The summed E-state index contributed by atoms with van der Waals surface area (Å²) in [5.41, 5.74) is 7.73. The second kappa shape index (κ2) is 9.50. The van der Waals surface area contributed by atoms with Crippen molar-refractivity contribution in [1.29, 1.82) is 0 Å². The van der Waals surface area contributed by atoms with E-state index in [2.05, 4.69) is 129 Å². The minimum Gasteiger partial charge on any atom is -0.309 e. The van der Waals surface area contributed by atoms with Crippen molar-refractivity contribution in [3.05, 3.63) is 152 Å². The molecule has 5 aromatic carbocycles.